The van der Waals surface area contributed by atoms with Crippen LogP contribution >= 0.6 is 0 Å². The number of ether oxygens (including phenoxy) is 1. The van der Waals surface area contributed by atoms with Crippen molar-refractivity contribution in [3.63, 3.8) is 0 Å². The van der Waals surface area contributed by atoms with Gasteiger partial charge in [-0.05, 0) is 53.4 Å². The Bertz CT molecular complexity index is 284. The molecular formula is C15H31N3O2. The number of hydrogen-bond donors (Lipinski definition) is 1. The van der Waals surface area contributed by atoms with Gasteiger partial charge in [0.25, 0.3) is 0 Å². The first-order chi connectivity index (χ1) is 9.58. The number of carbonyl (C=O) groups excluding carboxylic acids is 1. The number of likely N-dealkylation sites (tertiary alicyclic amines) is 1. The Morgan fingerprint density at radius 2 is 2.20 bits per heavy atom. The molecule has 0 aromatic heterocycles. The van der Waals surface area contributed by atoms with Gasteiger partial charge in [0.1, 0.15) is 6.04 Å². The average molecular weight is 285 g/mol. The van der Waals surface area contributed by atoms with Crippen molar-refractivity contribution in [1.29, 1.82) is 0 Å². The molecule has 1 saturated heterocycles. The Morgan fingerprint density at radius 3 is 2.80 bits per heavy atom. The Hall–Kier alpha value is -0.650. The summed E-state index contributed by atoms with van der Waals surface area (Å²) in [5.41, 5.74) is 0. The van der Waals surface area contributed by atoms with Gasteiger partial charge in [-0.3, -0.25) is 4.79 Å². The minimum absolute atomic E-state index is 0.115. The molecule has 0 aromatic rings. The molecule has 5 nitrogen and oxygen atoms in total. The first kappa shape index (κ1) is 17.4. The smallest absolute Gasteiger partial charge is 0.323 e. The van der Waals surface area contributed by atoms with Crippen molar-refractivity contribution in [1.82, 2.24) is 15.1 Å². The summed E-state index contributed by atoms with van der Waals surface area (Å²) in [6.07, 6.45) is 3.35. The third-order valence-corrected chi connectivity index (χ3v) is 3.97. The molecule has 0 aromatic carbocycles. The molecule has 1 aliphatic heterocycles. The topological polar surface area (TPSA) is 44.8 Å². The van der Waals surface area contributed by atoms with Crippen LogP contribution in [0.1, 0.15) is 33.1 Å². The number of nitrogens with zero attached hydrogens (tertiary/aromatic N) is 2. The molecule has 1 heterocycles. The molecule has 0 spiro atoms. The maximum Gasteiger partial charge on any atom is 0.323 e. The highest BCUT2D eigenvalue weighted by molar-refractivity contribution is 5.75. The molecule has 5 heteroatoms. The van der Waals surface area contributed by atoms with E-state index in [0.717, 1.165) is 32.6 Å². The predicted molar refractivity (Wildman–Crippen MR) is 81.9 cm³/mol. The van der Waals surface area contributed by atoms with E-state index in [4.69, 9.17) is 4.74 Å². The molecule has 118 valence electrons. The van der Waals surface area contributed by atoms with E-state index in [1.165, 1.54) is 12.8 Å². The number of likely N-dealkylation sites (N-methyl/N-ethyl adjacent to an activating group) is 2. The van der Waals surface area contributed by atoms with Crippen LogP contribution in [0.25, 0.3) is 0 Å². The van der Waals surface area contributed by atoms with Gasteiger partial charge in [-0.15, -0.1) is 0 Å². The number of rotatable bonds is 8. The van der Waals surface area contributed by atoms with Gasteiger partial charge in [-0.25, -0.2) is 0 Å². The molecule has 1 N–H and O–H groups in total. The number of hydrogen-bond acceptors (Lipinski definition) is 5. The molecule has 0 saturated carbocycles. The standard InChI is InChI=1S/C15H31N3O2/c1-5-16-14(15(19)20-6-2)9-11-18-10-7-8-13(12-18)17(3)4/h13-14,16H,5-12H2,1-4H3. The summed E-state index contributed by atoms with van der Waals surface area (Å²) in [5, 5.41) is 3.23. The van der Waals surface area contributed by atoms with Crippen LogP contribution in [0.4, 0.5) is 0 Å². The minimum atomic E-state index is -0.167. The zero-order chi connectivity index (χ0) is 15.0. The lowest BCUT2D eigenvalue weighted by Crippen LogP contribution is -2.47. The fourth-order valence-corrected chi connectivity index (χ4v) is 2.76. The van der Waals surface area contributed by atoms with Gasteiger partial charge in [-0.2, -0.15) is 0 Å². The first-order valence-corrected chi connectivity index (χ1v) is 7.87. The zero-order valence-corrected chi connectivity index (χ0v) is 13.5. The third kappa shape index (κ3) is 5.77. The minimum Gasteiger partial charge on any atom is -0.465 e. The maximum absolute atomic E-state index is 11.9. The van der Waals surface area contributed by atoms with Gasteiger partial charge >= 0.3 is 5.97 Å². The Morgan fingerprint density at radius 1 is 1.45 bits per heavy atom. The van der Waals surface area contributed by atoms with E-state index in [1.54, 1.807) is 0 Å². The Kier molecular flexibility index (Phi) is 8.11. The summed E-state index contributed by atoms with van der Waals surface area (Å²) in [6, 6.07) is 0.476. The second-order valence-electron chi connectivity index (χ2n) is 5.71. The largest absolute Gasteiger partial charge is 0.465 e. The normalized spacial score (nSPS) is 21.9. The van der Waals surface area contributed by atoms with Crippen molar-refractivity contribution in [2.24, 2.45) is 0 Å². The number of carbonyl (C=O) groups is 1. The first-order valence-electron chi connectivity index (χ1n) is 7.87. The number of nitrogens with one attached hydrogen (secondary N) is 1. The average Bonchev–Trinajstić information content (AvgIpc) is 2.44. The van der Waals surface area contributed by atoms with Gasteiger partial charge in [0.15, 0.2) is 0 Å². The molecule has 1 rings (SSSR count). The van der Waals surface area contributed by atoms with Gasteiger partial charge in [0.2, 0.25) is 0 Å². The molecular weight excluding hydrogens is 254 g/mol. The van der Waals surface area contributed by atoms with Crippen LogP contribution in [-0.2, 0) is 9.53 Å². The van der Waals surface area contributed by atoms with Gasteiger partial charge in [0.05, 0.1) is 6.61 Å². The summed E-state index contributed by atoms with van der Waals surface area (Å²) in [7, 11) is 4.29. The molecule has 1 aliphatic rings. The molecule has 2 atom stereocenters. The maximum atomic E-state index is 11.9. The van der Waals surface area contributed by atoms with Crippen LogP contribution in [-0.4, -0.2) is 74.7 Å². The van der Waals surface area contributed by atoms with Crippen LogP contribution in [0.15, 0.2) is 0 Å². The summed E-state index contributed by atoms with van der Waals surface area (Å²) in [6.45, 7) is 8.33. The van der Waals surface area contributed by atoms with Crippen LogP contribution in [0, 0.1) is 0 Å². The van der Waals surface area contributed by atoms with Crippen molar-refractivity contribution in [2.45, 2.75) is 45.2 Å². The lowest BCUT2D eigenvalue weighted by atomic mass is 10.0. The lowest BCUT2D eigenvalue weighted by Gasteiger charge is -2.36. The third-order valence-electron chi connectivity index (χ3n) is 3.97. The number of piperidine rings is 1. The highest BCUT2D eigenvalue weighted by Gasteiger charge is 2.24. The zero-order valence-electron chi connectivity index (χ0n) is 13.5. The van der Waals surface area contributed by atoms with Crippen molar-refractivity contribution in [3.8, 4) is 0 Å². The molecule has 0 amide bonds. The van der Waals surface area contributed by atoms with Crippen molar-refractivity contribution >= 4 is 5.97 Å². The van der Waals surface area contributed by atoms with Crippen molar-refractivity contribution in [3.05, 3.63) is 0 Å². The summed E-state index contributed by atoms with van der Waals surface area (Å²) < 4.78 is 5.13. The van der Waals surface area contributed by atoms with E-state index in [-0.39, 0.29) is 12.0 Å². The summed E-state index contributed by atoms with van der Waals surface area (Å²) in [5.74, 6) is -0.115. The van der Waals surface area contributed by atoms with E-state index in [1.807, 2.05) is 13.8 Å². The highest BCUT2D eigenvalue weighted by atomic mass is 16.5. The van der Waals surface area contributed by atoms with Gasteiger partial charge in [0, 0.05) is 19.1 Å². The van der Waals surface area contributed by atoms with Crippen LogP contribution in [0.5, 0.6) is 0 Å². The van der Waals surface area contributed by atoms with Crippen LogP contribution in [0.2, 0.25) is 0 Å². The van der Waals surface area contributed by atoms with Crippen LogP contribution in [0.3, 0.4) is 0 Å². The Balaban J connectivity index is 2.40. The van der Waals surface area contributed by atoms with Gasteiger partial charge < -0.3 is 19.9 Å². The van der Waals surface area contributed by atoms with E-state index in [2.05, 4.69) is 29.2 Å². The van der Waals surface area contributed by atoms with Crippen molar-refractivity contribution < 1.29 is 9.53 Å². The van der Waals surface area contributed by atoms with E-state index in [9.17, 15) is 4.79 Å². The highest BCUT2D eigenvalue weighted by Crippen LogP contribution is 2.14. The molecule has 0 aliphatic carbocycles. The predicted octanol–water partition coefficient (Wildman–Crippen LogP) is 0.944. The van der Waals surface area contributed by atoms with E-state index >= 15 is 0 Å². The molecule has 2 unspecified atom stereocenters. The summed E-state index contributed by atoms with van der Waals surface area (Å²) in [4.78, 5) is 16.6. The molecule has 0 radical (unpaired) electrons. The van der Waals surface area contributed by atoms with Gasteiger partial charge in [-0.1, -0.05) is 6.92 Å². The number of esters is 1. The molecule has 0 bridgehead atoms. The second-order valence-corrected chi connectivity index (χ2v) is 5.71. The SMILES string of the molecule is CCNC(CCN1CCCC(N(C)C)C1)C(=O)OCC. The second kappa shape index (κ2) is 9.32. The van der Waals surface area contributed by atoms with Crippen molar-refractivity contribution in [2.75, 3.05) is 46.9 Å². The molecule has 20 heavy (non-hydrogen) atoms. The fourth-order valence-electron chi connectivity index (χ4n) is 2.76. The fraction of sp³-hybridized carbons (Fsp3) is 0.933. The summed E-state index contributed by atoms with van der Waals surface area (Å²) >= 11 is 0. The molecule has 1 fully saturated rings. The van der Waals surface area contributed by atoms with Crippen LogP contribution < -0.4 is 5.32 Å². The van der Waals surface area contributed by atoms with E-state index in [0.29, 0.717) is 12.6 Å². The van der Waals surface area contributed by atoms with E-state index < -0.39 is 0 Å². The quantitative estimate of drug-likeness (QED) is 0.673. The Labute approximate surface area is 123 Å². The lowest BCUT2D eigenvalue weighted by molar-refractivity contribution is -0.145. The monoisotopic (exact) mass is 285 g/mol.